The number of rotatable bonds is 5. The van der Waals surface area contributed by atoms with Crippen LogP contribution in [0.2, 0.25) is 0 Å². The van der Waals surface area contributed by atoms with Crippen LogP contribution >= 0.6 is 0 Å². The number of hydrogen-bond donors (Lipinski definition) is 2. The molecule has 0 bridgehead atoms. The molecule has 6 nitrogen and oxygen atoms in total. The number of methoxy groups -OCH3 is 1. The lowest BCUT2D eigenvalue weighted by atomic mass is 9.63. The van der Waals surface area contributed by atoms with Crippen LogP contribution in [-0.2, 0) is 11.6 Å². The van der Waals surface area contributed by atoms with Crippen LogP contribution in [0.5, 0.6) is 11.5 Å². The van der Waals surface area contributed by atoms with Crippen LogP contribution in [0, 0.1) is 11.3 Å². The summed E-state index contributed by atoms with van der Waals surface area (Å²) in [6.07, 6.45) is -3.58. The fourth-order valence-corrected chi connectivity index (χ4v) is 3.32. The van der Waals surface area contributed by atoms with E-state index in [-0.39, 0.29) is 18.6 Å². The van der Waals surface area contributed by atoms with Gasteiger partial charge in [0.05, 0.1) is 18.6 Å². The topological polar surface area (TPSA) is 93.2 Å². The van der Waals surface area contributed by atoms with Gasteiger partial charge in [-0.1, -0.05) is 18.2 Å². The van der Waals surface area contributed by atoms with Gasteiger partial charge in [0.1, 0.15) is 23.2 Å². The van der Waals surface area contributed by atoms with E-state index in [2.05, 4.69) is 11.1 Å². The molecule has 1 aromatic heterocycles. The van der Waals surface area contributed by atoms with Gasteiger partial charge in [-0.15, -0.1) is 0 Å². The summed E-state index contributed by atoms with van der Waals surface area (Å²) in [6, 6.07) is 10.5. The first kappa shape index (κ1) is 18.8. The molecule has 1 heterocycles. The van der Waals surface area contributed by atoms with Crippen LogP contribution in [0.4, 0.5) is 19.0 Å². The number of benzene rings is 1. The molecule has 1 aliphatic carbocycles. The van der Waals surface area contributed by atoms with Gasteiger partial charge < -0.3 is 14.9 Å². The summed E-state index contributed by atoms with van der Waals surface area (Å²) in [6.45, 7) is 0. The fraction of sp³-hybridized carbons (Fsp3) is 0.333. The summed E-state index contributed by atoms with van der Waals surface area (Å²) < 4.78 is 51.0. The number of nitrogen functional groups attached to an aromatic ring is 1. The molecule has 0 atom stereocenters. The Morgan fingerprint density at radius 3 is 2.56 bits per heavy atom. The normalized spacial score (nSPS) is 21.7. The highest BCUT2D eigenvalue weighted by Gasteiger charge is 2.50. The molecule has 0 spiro atoms. The van der Waals surface area contributed by atoms with Crippen LogP contribution < -0.4 is 20.7 Å². The first-order valence-corrected chi connectivity index (χ1v) is 8.09. The van der Waals surface area contributed by atoms with Crippen molar-refractivity contribution in [2.45, 2.75) is 30.5 Å². The average molecular weight is 378 g/mol. The number of hydrogen-bond acceptors (Lipinski definition) is 6. The molecule has 27 heavy (non-hydrogen) atoms. The van der Waals surface area contributed by atoms with E-state index in [0.717, 1.165) is 6.07 Å². The number of nitrogens with zero attached hydrogens (tertiary/aromatic N) is 2. The minimum Gasteiger partial charge on any atom is -0.496 e. The quantitative estimate of drug-likeness (QED) is 0.612. The molecular formula is C18H17F3N4O2. The van der Waals surface area contributed by atoms with Crippen molar-refractivity contribution >= 4 is 5.82 Å². The van der Waals surface area contributed by atoms with Crippen molar-refractivity contribution in [3.05, 3.63) is 47.7 Å². The Morgan fingerprint density at radius 2 is 1.96 bits per heavy atom. The molecule has 0 radical (unpaired) electrons. The van der Waals surface area contributed by atoms with Crippen molar-refractivity contribution in [2.24, 2.45) is 5.84 Å². The third-order valence-electron chi connectivity index (χ3n) is 4.62. The summed E-state index contributed by atoms with van der Waals surface area (Å²) in [5.41, 5.74) is 0.706. The number of ether oxygens (including phenoxy) is 2. The third-order valence-corrected chi connectivity index (χ3v) is 4.62. The predicted molar refractivity (Wildman–Crippen MR) is 91.0 cm³/mol. The summed E-state index contributed by atoms with van der Waals surface area (Å²) >= 11 is 0. The maximum atomic E-state index is 13.4. The SMILES string of the molecule is COc1ccccc1C1(C#N)CC(Oc2ccnc(NN)c2C(F)(F)F)C1. The van der Waals surface area contributed by atoms with E-state index in [1.807, 2.05) is 5.43 Å². The van der Waals surface area contributed by atoms with Gasteiger partial charge in [0.15, 0.2) is 5.82 Å². The van der Waals surface area contributed by atoms with E-state index in [4.69, 9.17) is 15.3 Å². The van der Waals surface area contributed by atoms with Crippen LogP contribution in [0.15, 0.2) is 36.5 Å². The van der Waals surface area contributed by atoms with Crippen molar-refractivity contribution < 1.29 is 22.6 Å². The van der Waals surface area contributed by atoms with E-state index in [0.29, 0.717) is 11.3 Å². The van der Waals surface area contributed by atoms with Gasteiger partial charge in [-0.2, -0.15) is 18.4 Å². The Morgan fingerprint density at radius 1 is 1.26 bits per heavy atom. The number of alkyl halides is 3. The van der Waals surface area contributed by atoms with Gasteiger partial charge >= 0.3 is 6.18 Å². The average Bonchev–Trinajstić information content (AvgIpc) is 2.63. The maximum absolute atomic E-state index is 13.4. The van der Waals surface area contributed by atoms with Crippen molar-refractivity contribution in [1.82, 2.24) is 4.98 Å². The van der Waals surface area contributed by atoms with Gasteiger partial charge in [0.25, 0.3) is 0 Å². The molecule has 0 aliphatic heterocycles. The number of nitrogens with two attached hydrogens (primary N) is 1. The lowest BCUT2D eigenvalue weighted by Gasteiger charge is -2.43. The van der Waals surface area contributed by atoms with Crippen molar-refractivity contribution in [1.29, 1.82) is 5.26 Å². The zero-order valence-electron chi connectivity index (χ0n) is 14.4. The van der Waals surface area contributed by atoms with Gasteiger partial charge in [-0.25, -0.2) is 10.8 Å². The number of aromatic nitrogens is 1. The number of nitriles is 1. The molecule has 1 saturated carbocycles. The fourth-order valence-electron chi connectivity index (χ4n) is 3.32. The van der Waals surface area contributed by atoms with Gasteiger partial charge in [-0.3, -0.25) is 0 Å². The number of pyridine rings is 1. The number of hydrazine groups is 1. The molecular weight excluding hydrogens is 361 g/mol. The van der Waals surface area contributed by atoms with E-state index in [9.17, 15) is 18.4 Å². The smallest absolute Gasteiger partial charge is 0.423 e. The minimum atomic E-state index is -4.69. The molecule has 0 unspecified atom stereocenters. The minimum absolute atomic E-state index is 0.245. The summed E-state index contributed by atoms with van der Waals surface area (Å²) in [7, 11) is 1.50. The summed E-state index contributed by atoms with van der Waals surface area (Å²) in [5, 5.41) is 9.68. The van der Waals surface area contributed by atoms with Crippen LogP contribution in [0.1, 0.15) is 24.0 Å². The number of nitrogens with one attached hydrogen (secondary N) is 1. The molecule has 142 valence electrons. The maximum Gasteiger partial charge on any atom is 0.423 e. The molecule has 3 N–H and O–H groups in total. The largest absolute Gasteiger partial charge is 0.496 e. The van der Waals surface area contributed by atoms with E-state index in [1.165, 1.54) is 13.3 Å². The highest BCUT2D eigenvalue weighted by molar-refractivity contribution is 5.53. The van der Waals surface area contributed by atoms with E-state index in [1.54, 1.807) is 24.3 Å². The van der Waals surface area contributed by atoms with Gasteiger partial charge in [0, 0.05) is 24.6 Å². The zero-order chi connectivity index (χ0) is 19.7. The Hall–Kier alpha value is -2.99. The highest BCUT2D eigenvalue weighted by atomic mass is 19.4. The molecule has 3 rings (SSSR count). The Kier molecular flexibility index (Phi) is 4.85. The molecule has 0 saturated heterocycles. The van der Waals surface area contributed by atoms with E-state index < -0.39 is 29.1 Å². The second kappa shape index (κ2) is 6.96. The Bertz CT molecular complexity index is 874. The van der Waals surface area contributed by atoms with Crippen molar-refractivity contribution in [2.75, 3.05) is 12.5 Å². The Labute approximate surface area is 153 Å². The van der Waals surface area contributed by atoms with Gasteiger partial charge in [0.2, 0.25) is 0 Å². The summed E-state index contributed by atoms with van der Waals surface area (Å²) in [4.78, 5) is 3.59. The molecule has 1 aromatic carbocycles. The second-order valence-corrected chi connectivity index (χ2v) is 6.22. The van der Waals surface area contributed by atoms with Gasteiger partial charge in [-0.05, 0) is 12.1 Å². The molecule has 2 aromatic rings. The monoisotopic (exact) mass is 378 g/mol. The molecule has 0 amide bonds. The van der Waals surface area contributed by atoms with Crippen LogP contribution in [-0.4, -0.2) is 18.2 Å². The number of halogens is 3. The number of para-hydroxylation sites is 1. The first-order valence-electron chi connectivity index (χ1n) is 8.09. The van der Waals surface area contributed by atoms with Crippen molar-refractivity contribution in [3.63, 3.8) is 0 Å². The Balaban J connectivity index is 1.84. The van der Waals surface area contributed by atoms with Crippen molar-refractivity contribution in [3.8, 4) is 17.6 Å². The molecule has 1 aliphatic rings. The molecule has 1 fully saturated rings. The first-order chi connectivity index (χ1) is 12.8. The van der Waals surface area contributed by atoms with Crippen LogP contribution in [0.3, 0.4) is 0 Å². The number of anilines is 1. The standard InChI is InChI=1S/C18H17F3N4O2/c1-26-13-5-3-2-4-12(13)17(10-22)8-11(9-17)27-14-6-7-24-16(25-23)15(14)18(19,20)21/h2-7,11H,8-9,23H2,1H3,(H,24,25). The lowest BCUT2D eigenvalue weighted by molar-refractivity contribution is -0.139. The third kappa shape index (κ3) is 3.36. The zero-order valence-corrected chi connectivity index (χ0v) is 14.4. The lowest BCUT2D eigenvalue weighted by Crippen LogP contribution is -2.46. The summed E-state index contributed by atoms with van der Waals surface area (Å²) in [5.74, 6) is 4.81. The molecule has 9 heteroatoms. The second-order valence-electron chi connectivity index (χ2n) is 6.22. The highest BCUT2D eigenvalue weighted by Crippen LogP contribution is 2.49. The van der Waals surface area contributed by atoms with Crippen LogP contribution in [0.25, 0.3) is 0 Å². The predicted octanol–water partition coefficient (Wildman–Crippen LogP) is 3.40. The van der Waals surface area contributed by atoms with E-state index >= 15 is 0 Å².